The second kappa shape index (κ2) is 8.54. The monoisotopic (exact) mass is 352 g/mol. The van der Waals surface area contributed by atoms with E-state index in [1.165, 1.54) is 5.56 Å². The molecule has 116 valence electrons. The van der Waals surface area contributed by atoms with Crippen LogP contribution in [0.4, 0.5) is 0 Å². The van der Waals surface area contributed by atoms with Crippen LogP contribution in [0.3, 0.4) is 0 Å². The van der Waals surface area contributed by atoms with Crippen LogP contribution in [0.5, 0.6) is 0 Å². The standard InChI is InChI=1S/C17H25BrN2O/c1-2-19-13-15-8-10-20(11-9-15)17(21)7-6-14-4-3-5-16(18)12-14/h3-5,12,15,19H,2,6-11,13H2,1H3. The van der Waals surface area contributed by atoms with Gasteiger partial charge < -0.3 is 10.2 Å². The molecule has 0 saturated carbocycles. The fourth-order valence-corrected chi connectivity index (χ4v) is 3.28. The number of nitrogens with zero attached hydrogens (tertiary/aromatic N) is 1. The minimum absolute atomic E-state index is 0.303. The fourth-order valence-electron chi connectivity index (χ4n) is 2.84. The third-order valence-electron chi connectivity index (χ3n) is 4.17. The Bertz CT molecular complexity index is 456. The summed E-state index contributed by atoms with van der Waals surface area (Å²) in [4.78, 5) is 14.3. The van der Waals surface area contributed by atoms with E-state index in [1.807, 2.05) is 17.0 Å². The molecule has 1 amide bonds. The molecule has 1 aliphatic rings. The number of rotatable bonds is 6. The van der Waals surface area contributed by atoms with Crippen molar-refractivity contribution in [3.63, 3.8) is 0 Å². The third kappa shape index (κ3) is 5.44. The Morgan fingerprint density at radius 1 is 1.38 bits per heavy atom. The van der Waals surface area contributed by atoms with E-state index in [1.54, 1.807) is 0 Å². The number of benzene rings is 1. The van der Waals surface area contributed by atoms with Gasteiger partial charge in [0, 0.05) is 24.0 Å². The number of hydrogen-bond acceptors (Lipinski definition) is 2. The maximum atomic E-state index is 12.3. The Balaban J connectivity index is 1.72. The first-order valence-electron chi connectivity index (χ1n) is 7.92. The molecule has 0 aromatic heterocycles. The van der Waals surface area contributed by atoms with Crippen molar-refractivity contribution in [2.24, 2.45) is 5.92 Å². The Morgan fingerprint density at radius 2 is 2.14 bits per heavy atom. The lowest BCUT2D eigenvalue weighted by Crippen LogP contribution is -2.40. The van der Waals surface area contributed by atoms with Gasteiger partial charge in [-0.1, -0.05) is 35.0 Å². The molecule has 0 atom stereocenters. The van der Waals surface area contributed by atoms with Crippen molar-refractivity contribution in [3.8, 4) is 0 Å². The van der Waals surface area contributed by atoms with E-state index < -0.39 is 0 Å². The first kappa shape index (κ1) is 16.5. The molecule has 1 aliphatic heterocycles. The molecule has 4 heteroatoms. The summed E-state index contributed by atoms with van der Waals surface area (Å²) in [5.41, 5.74) is 1.22. The molecule has 1 aromatic rings. The molecule has 1 saturated heterocycles. The average Bonchev–Trinajstić information content (AvgIpc) is 2.51. The summed E-state index contributed by atoms with van der Waals surface area (Å²) in [5, 5.41) is 3.41. The number of carbonyl (C=O) groups is 1. The fraction of sp³-hybridized carbons (Fsp3) is 0.588. The second-order valence-corrected chi connectivity index (χ2v) is 6.68. The van der Waals surface area contributed by atoms with E-state index in [0.29, 0.717) is 12.3 Å². The Morgan fingerprint density at radius 3 is 2.81 bits per heavy atom. The maximum absolute atomic E-state index is 12.3. The summed E-state index contributed by atoms with van der Waals surface area (Å²) in [6.07, 6.45) is 3.72. The highest BCUT2D eigenvalue weighted by Crippen LogP contribution is 2.18. The highest BCUT2D eigenvalue weighted by molar-refractivity contribution is 9.10. The van der Waals surface area contributed by atoms with Gasteiger partial charge in [-0.15, -0.1) is 0 Å². The van der Waals surface area contributed by atoms with Gasteiger partial charge in [0.2, 0.25) is 5.91 Å². The normalized spacial score (nSPS) is 16.2. The van der Waals surface area contributed by atoms with Crippen LogP contribution in [-0.2, 0) is 11.2 Å². The van der Waals surface area contributed by atoms with Crippen molar-refractivity contribution in [3.05, 3.63) is 34.3 Å². The summed E-state index contributed by atoms with van der Waals surface area (Å²) < 4.78 is 1.08. The number of amides is 1. The molecular formula is C17H25BrN2O. The van der Waals surface area contributed by atoms with Crippen molar-refractivity contribution in [2.75, 3.05) is 26.2 Å². The summed E-state index contributed by atoms with van der Waals surface area (Å²) in [5.74, 6) is 1.04. The van der Waals surface area contributed by atoms with Crippen LogP contribution >= 0.6 is 15.9 Å². The maximum Gasteiger partial charge on any atom is 0.222 e. The number of hydrogen-bond donors (Lipinski definition) is 1. The molecule has 2 rings (SSSR count). The molecule has 0 radical (unpaired) electrons. The van der Waals surface area contributed by atoms with Crippen LogP contribution in [0.15, 0.2) is 28.7 Å². The van der Waals surface area contributed by atoms with Crippen LogP contribution in [0, 0.1) is 5.92 Å². The molecule has 0 spiro atoms. The lowest BCUT2D eigenvalue weighted by Gasteiger charge is -2.32. The molecule has 3 nitrogen and oxygen atoms in total. The number of carbonyl (C=O) groups excluding carboxylic acids is 1. The first-order valence-corrected chi connectivity index (χ1v) is 8.71. The molecule has 1 aromatic carbocycles. The summed E-state index contributed by atoms with van der Waals surface area (Å²) in [6, 6.07) is 8.22. The van der Waals surface area contributed by atoms with Crippen molar-refractivity contribution in [2.45, 2.75) is 32.6 Å². The van der Waals surface area contributed by atoms with E-state index >= 15 is 0 Å². The van der Waals surface area contributed by atoms with E-state index in [2.05, 4.69) is 40.3 Å². The Kier molecular flexibility index (Phi) is 6.71. The van der Waals surface area contributed by atoms with Crippen molar-refractivity contribution < 1.29 is 4.79 Å². The van der Waals surface area contributed by atoms with Crippen molar-refractivity contribution in [1.82, 2.24) is 10.2 Å². The smallest absolute Gasteiger partial charge is 0.222 e. The van der Waals surface area contributed by atoms with Gasteiger partial charge in [-0.05, 0) is 56.0 Å². The summed E-state index contributed by atoms with van der Waals surface area (Å²) in [6.45, 7) is 6.11. The quantitative estimate of drug-likeness (QED) is 0.852. The largest absolute Gasteiger partial charge is 0.343 e. The predicted molar refractivity (Wildman–Crippen MR) is 90.3 cm³/mol. The minimum atomic E-state index is 0.303. The second-order valence-electron chi connectivity index (χ2n) is 5.76. The number of likely N-dealkylation sites (tertiary alicyclic amines) is 1. The molecule has 1 N–H and O–H groups in total. The zero-order chi connectivity index (χ0) is 15.1. The number of piperidine rings is 1. The lowest BCUT2D eigenvalue weighted by molar-refractivity contribution is -0.132. The van der Waals surface area contributed by atoms with Gasteiger partial charge in [-0.2, -0.15) is 0 Å². The molecular weight excluding hydrogens is 328 g/mol. The third-order valence-corrected chi connectivity index (χ3v) is 4.66. The van der Waals surface area contributed by atoms with Gasteiger partial charge in [0.05, 0.1) is 0 Å². The van der Waals surface area contributed by atoms with Gasteiger partial charge >= 0.3 is 0 Å². The van der Waals surface area contributed by atoms with E-state index in [9.17, 15) is 4.79 Å². The van der Waals surface area contributed by atoms with Gasteiger partial charge in [0.15, 0.2) is 0 Å². The van der Waals surface area contributed by atoms with Crippen LogP contribution in [0.1, 0.15) is 31.7 Å². The van der Waals surface area contributed by atoms with E-state index in [4.69, 9.17) is 0 Å². The predicted octanol–water partition coefficient (Wildman–Crippen LogP) is 3.23. The zero-order valence-electron chi connectivity index (χ0n) is 12.8. The Labute approximate surface area is 136 Å². The van der Waals surface area contributed by atoms with E-state index in [-0.39, 0.29) is 0 Å². The van der Waals surface area contributed by atoms with Gasteiger partial charge in [0.1, 0.15) is 0 Å². The van der Waals surface area contributed by atoms with Crippen LogP contribution < -0.4 is 5.32 Å². The average molecular weight is 353 g/mol. The molecule has 21 heavy (non-hydrogen) atoms. The van der Waals surface area contributed by atoms with Gasteiger partial charge in [0.25, 0.3) is 0 Å². The van der Waals surface area contributed by atoms with Crippen LogP contribution in [0.2, 0.25) is 0 Å². The first-order chi connectivity index (χ1) is 10.2. The van der Waals surface area contributed by atoms with Crippen LogP contribution in [-0.4, -0.2) is 37.0 Å². The van der Waals surface area contributed by atoms with Crippen molar-refractivity contribution in [1.29, 1.82) is 0 Å². The molecule has 0 unspecified atom stereocenters. The topological polar surface area (TPSA) is 32.3 Å². The van der Waals surface area contributed by atoms with Crippen LogP contribution in [0.25, 0.3) is 0 Å². The summed E-state index contributed by atoms with van der Waals surface area (Å²) >= 11 is 3.47. The zero-order valence-corrected chi connectivity index (χ0v) is 14.4. The van der Waals surface area contributed by atoms with E-state index in [0.717, 1.165) is 55.8 Å². The minimum Gasteiger partial charge on any atom is -0.343 e. The van der Waals surface area contributed by atoms with Crippen molar-refractivity contribution >= 4 is 21.8 Å². The van der Waals surface area contributed by atoms with Gasteiger partial charge in [-0.3, -0.25) is 4.79 Å². The molecule has 0 aliphatic carbocycles. The molecule has 0 bridgehead atoms. The van der Waals surface area contributed by atoms with Gasteiger partial charge in [-0.25, -0.2) is 0 Å². The number of nitrogens with one attached hydrogen (secondary N) is 1. The Hall–Kier alpha value is -0.870. The summed E-state index contributed by atoms with van der Waals surface area (Å²) in [7, 11) is 0. The SMILES string of the molecule is CCNCC1CCN(C(=O)CCc2cccc(Br)c2)CC1. The molecule has 1 heterocycles. The lowest BCUT2D eigenvalue weighted by atomic mass is 9.96. The highest BCUT2D eigenvalue weighted by atomic mass is 79.9. The molecule has 1 fully saturated rings. The number of halogens is 1. The number of aryl methyl sites for hydroxylation is 1. The highest BCUT2D eigenvalue weighted by Gasteiger charge is 2.22.